The Balaban J connectivity index is 2.09. The van der Waals surface area contributed by atoms with Crippen LogP contribution in [0.1, 0.15) is 32.1 Å². The van der Waals surface area contributed by atoms with Crippen molar-refractivity contribution in [1.82, 2.24) is 4.31 Å². The second kappa shape index (κ2) is 6.03. The first-order chi connectivity index (χ1) is 11.2. The van der Waals surface area contributed by atoms with Crippen molar-refractivity contribution in [2.24, 2.45) is 5.92 Å². The monoisotopic (exact) mass is 363 g/mol. The lowest BCUT2D eigenvalue weighted by molar-refractivity contribution is -0.141. The van der Waals surface area contributed by atoms with Crippen molar-refractivity contribution in [2.75, 3.05) is 0 Å². The lowest BCUT2D eigenvalue weighted by atomic mass is 9.85. The molecule has 0 radical (unpaired) electrons. The minimum Gasteiger partial charge on any atom is -0.480 e. The van der Waals surface area contributed by atoms with Gasteiger partial charge in [0.1, 0.15) is 16.8 Å². The summed E-state index contributed by atoms with van der Waals surface area (Å²) in [6.45, 7) is 0. The molecule has 2 fully saturated rings. The van der Waals surface area contributed by atoms with Gasteiger partial charge in [-0.15, -0.1) is 0 Å². The SMILES string of the molecule is O=C(O)C1CC2CCCCC2N1S(=O)(=O)c1cc(F)c(F)cc1F. The molecule has 1 heterocycles. The number of halogens is 3. The molecular weight excluding hydrogens is 347 g/mol. The van der Waals surface area contributed by atoms with Gasteiger partial charge in [0, 0.05) is 12.1 Å². The van der Waals surface area contributed by atoms with Gasteiger partial charge in [-0.2, -0.15) is 4.31 Å². The summed E-state index contributed by atoms with van der Waals surface area (Å²) in [5, 5.41) is 9.37. The Hall–Kier alpha value is -1.61. The number of sulfonamides is 1. The summed E-state index contributed by atoms with van der Waals surface area (Å²) < 4.78 is 66.9. The summed E-state index contributed by atoms with van der Waals surface area (Å²) in [6, 6.07) is -1.45. The Labute approximate surface area is 137 Å². The van der Waals surface area contributed by atoms with Crippen LogP contribution in [0.4, 0.5) is 13.2 Å². The third-order valence-electron chi connectivity index (χ3n) is 4.84. The smallest absolute Gasteiger partial charge is 0.322 e. The van der Waals surface area contributed by atoms with Crippen LogP contribution in [0.2, 0.25) is 0 Å². The summed E-state index contributed by atoms with van der Waals surface area (Å²) in [5.74, 6) is -5.88. The molecule has 0 amide bonds. The number of carboxylic acids is 1. The number of nitrogens with zero attached hydrogens (tertiary/aromatic N) is 1. The Kier molecular flexibility index (Phi) is 4.33. The molecule has 5 nitrogen and oxygen atoms in total. The molecule has 1 saturated carbocycles. The average molecular weight is 363 g/mol. The highest BCUT2D eigenvalue weighted by atomic mass is 32.2. The van der Waals surface area contributed by atoms with Gasteiger partial charge in [-0.05, 0) is 31.2 Å². The van der Waals surface area contributed by atoms with E-state index in [1.54, 1.807) is 0 Å². The highest BCUT2D eigenvalue weighted by Crippen LogP contribution is 2.43. The van der Waals surface area contributed by atoms with Crippen LogP contribution in [0.3, 0.4) is 0 Å². The molecule has 132 valence electrons. The molecule has 24 heavy (non-hydrogen) atoms. The first-order valence-corrected chi connectivity index (χ1v) is 9.08. The van der Waals surface area contributed by atoms with Crippen molar-refractivity contribution < 1.29 is 31.5 Å². The third-order valence-corrected chi connectivity index (χ3v) is 6.79. The fraction of sp³-hybridized carbons (Fsp3) is 0.533. The molecule has 1 aromatic carbocycles. The standard InChI is InChI=1S/C15H16F3NO4S/c16-9-6-11(18)14(7-10(9)17)24(22,23)19-12-4-2-1-3-8(12)5-13(19)15(20)21/h6-8,12-13H,1-5H2,(H,20,21). The Morgan fingerprint density at radius 3 is 2.38 bits per heavy atom. The summed E-state index contributed by atoms with van der Waals surface area (Å²) in [7, 11) is -4.60. The van der Waals surface area contributed by atoms with Crippen molar-refractivity contribution in [2.45, 2.75) is 49.1 Å². The molecule has 2 aliphatic rings. The van der Waals surface area contributed by atoms with E-state index in [0.717, 1.165) is 17.1 Å². The maximum absolute atomic E-state index is 14.0. The molecule has 0 aromatic heterocycles. The minimum atomic E-state index is -4.60. The van der Waals surface area contributed by atoms with E-state index in [0.29, 0.717) is 12.8 Å². The number of rotatable bonds is 3. The predicted molar refractivity (Wildman–Crippen MR) is 77.1 cm³/mol. The predicted octanol–water partition coefficient (Wildman–Crippen LogP) is 2.51. The van der Waals surface area contributed by atoms with E-state index in [-0.39, 0.29) is 24.5 Å². The molecular formula is C15H16F3NO4S. The quantitative estimate of drug-likeness (QED) is 0.838. The maximum atomic E-state index is 14.0. The first kappa shape index (κ1) is 17.2. The minimum absolute atomic E-state index is 0.122. The van der Waals surface area contributed by atoms with Crippen molar-refractivity contribution >= 4 is 16.0 Å². The second-order valence-electron chi connectivity index (χ2n) is 6.23. The molecule has 9 heteroatoms. The van der Waals surface area contributed by atoms with Crippen molar-refractivity contribution in [1.29, 1.82) is 0 Å². The number of benzene rings is 1. The van der Waals surface area contributed by atoms with Gasteiger partial charge in [-0.1, -0.05) is 12.8 Å². The summed E-state index contributed by atoms with van der Waals surface area (Å²) in [6.07, 6.45) is 2.92. The Morgan fingerprint density at radius 1 is 1.08 bits per heavy atom. The van der Waals surface area contributed by atoms with Crippen LogP contribution >= 0.6 is 0 Å². The average Bonchev–Trinajstić information content (AvgIpc) is 2.91. The van der Waals surface area contributed by atoms with Crippen LogP contribution in [0, 0.1) is 23.4 Å². The van der Waals surface area contributed by atoms with Gasteiger partial charge in [-0.25, -0.2) is 21.6 Å². The molecule has 3 rings (SSSR count). The molecule has 0 spiro atoms. The van der Waals surface area contributed by atoms with E-state index in [4.69, 9.17) is 0 Å². The topological polar surface area (TPSA) is 74.7 Å². The lowest BCUT2D eigenvalue weighted by Gasteiger charge is -2.32. The van der Waals surface area contributed by atoms with Crippen LogP contribution in [0.15, 0.2) is 17.0 Å². The summed E-state index contributed by atoms with van der Waals surface area (Å²) in [4.78, 5) is 10.5. The normalized spacial score (nSPS) is 27.9. The third kappa shape index (κ3) is 2.69. The van der Waals surface area contributed by atoms with E-state index in [1.165, 1.54) is 0 Å². The Morgan fingerprint density at radius 2 is 1.71 bits per heavy atom. The summed E-state index contributed by atoms with van der Waals surface area (Å²) in [5.41, 5.74) is 0. The molecule has 1 saturated heterocycles. The molecule has 3 atom stereocenters. The van der Waals surface area contributed by atoms with Crippen LogP contribution in [-0.2, 0) is 14.8 Å². The maximum Gasteiger partial charge on any atom is 0.322 e. The zero-order chi connectivity index (χ0) is 17.6. The fourth-order valence-corrected chi connectivity index (χ4v) is 5.72. The molecule has 1 N–H and O–H groups in total. The highest BCUT2D eigenvalue weighted by molar-refractivity contribution is 7.89. The van der Waals surface area contributed by atoms with Crippen LogP contribution in [0.5, 0.6) is 0 Å². The number of hydrogen-bond donors (Lipinski definition) is 1. The van der Waals surface area contributed by atoms with Crippen LogP contribution < -0.4 is 0 Å². The highest BCUT2D eigenvalue weighted by Gasteiger charge is 2.51. The molecule has 1 aromatic rings. The van der Waals surface area contributed by atoms with Gasteiger partial charge in [-0.3, -0.25) is 4.79 Å². The number of carboxylic acid groups (broad SMARTS) is 1. The van der Waals surface area contributed by atoms with Crippen LogP contribution in [0.25, 0.3) is 0 Å². The number of hydrogen-bond acceptors (Lipinski definition) is 3. The van der Waals surface area contributed by atoms with Crippen molar-refractivity contribution in [3.8, 4) is 0 Å². The number of fused-ring (bicyclic) bond motifs is 1. The van der Waals surface area contributed by atoms with E-state index < -0.39 is 50.4 Å². The zero-order valence-electron chi connectivity index (χ0n) is 12.6. The molecule has 1 aliphatic carbocycles. The lowest BCUT2D eigenvalue weighted by Crippen LogP contribution is -2.46. The zero-order valence-corrected chi connectivity index (χ0v) is 13.4. The fourth-order valence-electron chi connectivity index (χ4n) is 3.79. The van der Waals surface area contributed by atoms with Gasteiger partial charge < -0.3 is 5.11 Å². The van der Waals surface area contributed by atoms with Gasteiger partial charge in [0.2, 0.25) is 10.0 Å². The van der Waals surface area contributed by atoms with Crippen LogP contribution in [-0.4, -0.2) is 35.9 Å². The van der Waals surface area contributed by atoms with Crippen molar-refractivity contribution in [3.63, 3.8) is 0 Å². The van der Waals surface area contributed by atoms with E-state index >= 15 is 0 Å². The first-order valence-electron chi connectivity index (χ1n) is 7.64. The van der Waals surface area contributed by atoms with Gasteiger partial charge in [0.05, 0.1) is 0 Å². The molecule has 3 unspecified atom stereocenters. The molecule has 0 bridgehead atoms. The number of carbonyl (C=O) groups is 1. The van der Waals surface area contributed by atoms with E-state index in [1.807, 2.05) is 0 Å². The van der Waals surface area contributed by atoms with E-state index in [2.05, 4.69) is 0 Å². The van der Waals surface area contributed by atoms with Gasteiger partial charge >= 0.3 is 5.97 Å². The van der Waals surface area contributed by atoms with E-state index in [9.17, 15) is 31.5 Å². The van der Waals surface area contributed by atoms with Gasteiger partial charge in [0.25, 0.3) is 0 Å². The number of aliphatic carboxylic acids is 1. The second-order valence-corrected chi connectivity index (χ2v) is 8.04. The summed E-state index contributed by atoms with van der Waals surface area (Å²) >= 11 is 0. The van der Waals surface area contributed by atoms with Crippen molar-refractivity contribution in [3.05, 3.63) is 29.6 Å². The largest absolute Gasteiger partial charge is 0.480 e. The molecule has 1 aliphatic heterocycles. The van der Waals surface area contributed by atoms with Gasteiger partial charge in [0.15, 0.2) is 11.6 Å². The Bertz CT molecular complexity index is 783.